The number of esters is 1. The topological polar surface area (TPSA) is 84.9 Å². The number of anilines is 2. The van der Waals surface area contributed by atoms with Gasteiger partial charge in [-0.15, -0.1) is 0 Å². The van der Waals surface area contributed by atoms with E-state index in [0.29, 0.717) is 22.1 Å². The molecule has 1 N–H and O–H groups in total. The Hall–Kier alpha value is -3.06. The van der Waals surface area contributed by atoms with E-state index in [4.69, 9.17) is 21.1 Å². The van der Waals surface area contributed by atoms with Gasteiger partial charge in [0.05, 0.1) is 12.0 Å². The molecular formula is C23H25ClN2O5. The number of halogens is 1. The molecule has 0 radical (unpaired) electrons. The second kappa shape index (κ2) is 9.83. The molecular weight excluding hydrogens is 420 g/mol. The van der Waals surface area contributed by atoms with Gasteiger partial charge in [-0.1, -0.05) is 17.7 Å². The van der Waals surface area contributed by atoms with Gasteiger partial charge in [-0.25, -0.2) is 0 Å². The molecule has 2 aromatic rings. The van der Waals surface area contributed by atoms with E-state index < -0.39 is 24.4 Å². The molecule has 0 saturated carbocycles. The molecule has 1 saturated heterocycles. The second-order valence-electron chi connectivity index (χ2n) is 7.63. The van der Waals surface area contributed by atoms with Gasteiger partial charge in [-0.05, 0) is 62.7 Å². The monoisotopic (exact) mass is 444 g/mol. The van der Waals surface area contributed by atoms with Crippen LogP contribution in [0.1, 0.15) is 25.8 Å². The van der Waals surface area contributed by atoms with Crippen molar-refractivity contribution in [3.8, 4) is 5.75 Å². The Morgan fingerprint density at radius 3 is 2.58 bits per heavy atom. The SMILES string of the molecule is Cc1c(Cl)cccc1NC(=O)COC(=O)[C@@H]1CC(=O)N(c2ccc(OC(C)C)cc2)C1. The van der Waals surface area contributed by atoms with Crippen LogP contribution in [0.5, 0.6) is 5.75 Å². The first-order chi connectivity index (χ1) is 14.7. The van der Waals surface area contributed by atoms with Crippen LogP contribution < -0.4 is 15.0 Å². The molecule has 2 amide bonds. The molecule has 0 bridgehead atoms. The molecule has 2 aromatic carbocycles. The predicted octanol–water partition coefficient (Wildman–Crippen LogP) is 3.97. The van der Waals surface area contributed by atoms with Crippen molar-refractivity contribution >= 4 is 40.8 Å². The number of carbonyl (C=O) groups excluding carboxylic acids is 3. The number of nitrogens with one attached hydrogen (secondary N) is 1. The van der Waals surface area contributed by atoms with E-state index in [0.717, 1.165) is 5.56 Å². The minimum absolute atomic E-state index is 0.0398. The summed E-state index contributed by atoms with van der Waals surface area (Å²) in [4.78, 5) is 38.5. The highest BCUT2D eigenvalue weighted by molar-refractivity contribution is 6.31. The zero-order valence-corrected chi connectivity index (χ0v) is 18.4. The summed E-state index contributed by atoms with van der Waals surface area (Å²) in [6.07, 6.45) is 0.0939. The smallest absolute Gasteiger partial charge is 0.311 e. The van der Waals surface area contributed by atoms with Crippen LogP contribution in [0.4, 0.5) is 11.4 Å². The van der Waals surface area contributed by atoms with Crippen molar-refractivity contribution < 1.29 is 23.9 Å². The fourth-order valence-electron chi connectivity index (χ4n) is 3.28. The van der Waals surface area contributed by atoms with Crippen LogP contribution >= 0.6 is 11.6 Å². The van der Waals surface area contributed by atoms with Crippen molar-refractivity contribution in [3.63, 3.8) is 0 Å². The maximum Gasteiger partial charge on any atom is 0.311 e. The van der Waals surface area contributed by atoms with Gasteiger partial charge in [-0.3, -0.25) is 14.4 Å². The number of rotatable bonds is 7. The zero-order chi connectivity index (χ0) is 22.5. The second-order valence-corrected chi connectivity index (χ2v) is 8.04. The van der Waals surface area contributed by atoms with E-state index in [9.17, 15) is 14.4 Å². The van der Waals surface area contributed by atoms with Crippen LogP contribution in [0.3, 0.4) is 0 Å². The molecule has 1 heterocycles. The number of nitrogens with zero attached hydrogens (tertiary/aromatic N) is 1. The van der Waals surface area contributed by atoms with Crippen LogP contribution in [0.15, 0.2) is 42.5 Å². The van der Waals surface area contributed by atoms with E-state index in [1.807, 2.05) is 13.8 Å². The summed E-state index contributed by atoms with van der Waals surface area (Å²) < 4.78 is 10.7. The maximum atomic E-state index is 12.4. The molecule has 0 aromatic heterocycles. The van der Waals surface area contributed by atoms with Crippen LogP contribution in [0, 0.1) is 12.8 Å². The molecule has 31 heavy (non-hydrogen) atoms. The van der Waals surface area contributed by atoms with Crippen molar-refractivity contribution in [1.29, 1.82) is 0 Å². The number of amides is 2. The maximum absolute atomic E-state index is 12.4. The van der Waals surface area contributed by atoms with Crippen molar-refractivity contribution in [2.24, 2.45) is 5.92 Å². The Bertz CT molecular complexity index is 974. The van der Waals surface area contributed by atoms with Gasteiger partial charge in [0.2, 0.25) is 5.91 Å². The highest BCUT2D eigenvalue weighted by Gasteiger charge is 2.36. The van der Waals surface area contributed by atoms with Gasteiger partial charge < -0.3 is 19.7 Å². The minimum Gasteiger partial charge on any atom is -0.491 e. The average molecular weight is 445 g/mol. The highest BCUT2D eigenvalue weighted by Crippen LogP contribution is 2.28. The number of carbonyl (C=O) groups is 3. The Balaban J connectivity index is 1.53. The quantitative estimate of drug-likeness (QED) is 0.653. The van der Waals surface area contributed by atoms with Crippen molar-refractivity contribution in [3.05, 3.63) is 53.1 Å². The first-order valence-corrected chi connectivity index (χ1v) is 10.4. The summed E-state index contributed by atoms with van der Waals surface area (Å²) in [6, 6.07) is 12.3. The minimum atomic E-state index is -0.625. The molecule has 1 aliphatic heterocycles. The summed E-state index contributed by atoms with van der Waals surface area (Å²) in [5, 5.41) is 3.20. The third-order valence-electron chi connectivity index (χ3n) is 4.87. The molecule has 1 atom stereocenters. The van der Waals surface area contributed by atoms with Gasteiger partial charge in [-0.2, -0.15) is 0 Å². The van der Waals surface area contributed by atoms with E-state index in [1.165, 1.54) is 0 Å². The van der Waals surface area contributed by atoms with E-state index in [2.05, 4.69) is 5.32 Å². The lowest BCUT2D eigenvalue weighted by atomic mass is 10.1. The normalized spacial score (nSPS) is 15.8. The molecule has 0 unspecified atom stereocenters. The van der Waals surface area contributed by atoms with Crippen molar-refractivity contribution in [2.45, 2.75) is 33.3 Å². The lowest BCUT2D eigenvalue weighted by Gasteiger charge is -2.17. The first kappa shape index (κ1) is 22.6. The number of hydrogen-bond acceptors (Lipinski definition) is 5. The molecule has 1 fully saturated rings. The van der Waals surface area contributed by atoms with Gasteiger partial charge in [0.15, 0.2) is 6.61 Å². The van der Waals surface area contributed by atoms with Crippen LogP contribution in [-0.2, 0) is 19.1 Å². The summed E-state index contributed by atoms with van der Waals surface area (Å²) in [5.74, 6) is -1.13. The summed E-state index contributed by atoms with van der Waals surface area (Å²) in [5.41, 5.74) is 1.97. The lowest BCUT2D eigenvalue weighted by Crippen LogP contribution is -2.28. The van der Waals surface area contributed by atoms with E-state index >= 15 is 0 Å². The average Bonchev–Trinajstić information content (AvgIpc) is 3.11. The fraction of sp³-hybridized carbons (Fsp3) is 0.348. The molecule has 164 valence electrons. The van der Waals surface area contributed by atoms with E-state index in [1.54, 1.807) is 54.3 Å². The summed E-state index contributed by atoms with van der Waals surface area (Å²) in [6.45, 7) is 5.42. The van der Waals surface area contributed by atoms with Crippen molar-refractivity contribution in [1.82, 2.24) is 0 Å². The number of hydrogen-bond donors (Lipinski definition) is 1. The molecule has 7 nitrogen and oxygen atoms in total. The van der Waals surface area contributed by atoms with Crippen molar-refractivity contribution in [2.75, 3.05) is 23.4 Å². The molecule has 1 aliphatic rings. The summed E-state index contributed by atoms with van der Waals surface area (Å²) in [7, 11) is 0. The predicted molar refractivity (Wildman–Crippen MR) is 118 cm³/mol. The Kier molecular flexibility index (Phi) is 7.17. The van der Waals surface area contributed by atoms with Gasteiger partial charge in [0, 0.05) is 29.4 Å². The van der Waals surface area contributed by atoms with Crippen LogP contribution in [0.2, 0.25) is 5.02 Å². The Labute approximate surface area is 186 Å². The highest BCUT2D eigenvalue weighted by atomic mass is 35.5. The molecule has 8 heteroatoms. The molecule has 3 rings (SSSR count). The third kappa shape index (κ3) is 5.76. The fourth-order valence-corrected chi connectivity index (χ4v) is 3.45. The van der Waals surface area contributed by atoms with Gasteiger partial charge in [0.25, 0.3) is 5.91 Å². The summed E-state index contributed by atoms with van der Waals surface area (Å²) >= 11 is 6.04. The largest absolute Gasteiger partial charge is 0.491 e. The standard InChI is InChI=1S/C23H25ClN2O5/c1-14(2)31-18-9-7-17(8-10-18)26-12-16(11-22(26)28)23(29)30-13-21(27)25-20-6-4-5-19(24)15(20)3/h4-10,14,16H,11-13H2,1-3H3,(H,25,27)/t16-/m1/s1. The van der Waals surface area contributed by atoms with E-state index in [-0.39, 0.29) is 25.0 Å². The molecule has 0 aliphatic carbocycles. The lowest BCUT2D eigenvalue weighted by molar-refractivity contribution is -0.151. The third-order valence-corrected chi connectivity index (χ3v) is 5.28. The van der Waals surface area contributed by atoms with Gasteiger partial charge in [0.1, 0.15) is 5.75 Å². The Morgan fingerprint density at radius 1 is 1.19 bits per heavy atom. The van der Waals surface area contributed by atoms with Crippen LogP contribution in [-0.4, -0.2) is 37.0 Å². The first-order valence-electron chi connectivity index (χ1n) is 10.0. The number of ether oxygens (including phenoxy) is 2. The molecule has 0 spiro atoms. The van der Waals surface area contributed by atoms with Gasteiger partial charge >= 0.3 is 5.97 Å². The van der Waals surface area contributed by atoms with Crippen LogP contribution in [0.25, 0.3) is 0 Å². The Morgan fingerprint density at radius 2 is 1.90 bits per heavy atom. The zero-order valence-electron chi connectivity index (χ0n) is 17.7. The number of benzene rings is 2.